The number of fused-ring (bicyclic) bond motifs is 1. The summed E-state index contributed by atoms with van der Waals surface area (Å²) in [5, 5.41) is 5.78. The molecule has 0 fully saturated rings. The number of carbonyl (C=O) groups is 1. The molecule has 0 aliphatic carbocycles. The summed E-state index contributed by atoms with van der Waals surface area (Å²) < 4.78 is 4.83. The Labute approximate surface area is 119 Å². The van der Waals surface area contributed by atoms with E-state index in [9.17, 15) is 4.79 Å². The summed E-state index contributed by atoms with van der Waals surface area (Å²) in [5.41, 5.74) is 1.20. The van der Waals surface area contributed by atoms with Crippen LogP contribution in [0, 0.1) is 0 Å². The van der Waals surface area contributed by atoms with Crippen LogP contribution in [0.4, 0.5) is 0 Å². The molecule has 2 aromatic carbocycles. The minimum Gasteiger partial charge on any atom is -0.468 e. The summed E-state index contributed by atoms with van der Waals surface area (Å²) in [6.07, 6.45) is 0.710. The number of carbonyl (C=O) groups excluding carboxylic acids is 1. The van der Waals surface area contributed by atoms with Crippen molar-refractivity contribution < 1.29 is 9.53 Å². The lowest BCUT2D eigenvalue weighted by molar-refractivity contribution is -0.143. The molecule has 0 saturated heterocycles. The summed E-state index contributed by atoms with van der Waals surface area (Å²) in [6, 6.07) is 14.4. The van der Waals surface area contributed by atoms with E-state index in [0.717, 1.165) is 0 Å². The fourth-order valence-corrected chi connectivity index (χ4v) is 2.51. The molecule has 2 unspecified atom stereocenters. The largest absolute Gasteiger partial charge is 0.468 e. The SMILES string of the molecule is CCC(NC(C)c1cccc2ccccc12)C(=O)OC. The van der Waals surface area contributed by atoms with Crippen LogP contribution in [-0.4, -0.2) is 19.1 Å². The molecule has 0 aromatic heterocycles. The smallest absolute Gasteiger partial charge is 0.322 e. The van der Waals surface area contributed by atoms with Gasteiger partial charge in [0.2, 0.25) is 0 Å². The Bertz CT molecular complexity index is 589. The molecular formula is C17H21NO2. The molecule has 3 heteroatoms. The number of benzene rings is 2. The quantitative estimate of drug-likeness (QED) is 0.847. The van der Waals surface area contributed by atoms with Crippen molar-refractivity contribution in [3.63, 3.8) is 0 Å². The number of hydrogen-bond acceptors (Lipinski definition) is 3. The Morgan fingerprint density at radius 3 is 2.60 bits per heavy atom. The topological polar surface area (TPSA) is 38.3 Å². The minimum absolute atomic E-state index is 0.0881. The second kappa shape index (κ2) is 6.53. The molecule has 1 N–H and O–H groups in total. The molecule has 0 radical (unpaired) electrons. The molecular weight excluding hydrogens is 250 g/mol. The fraction of sp³-hybridized carbons (Fsp3) is 0.353. The molecule has 0 spiro atoms. The van der Waals surface area contributed by atoms with Gasteiger partial charge in [-0.1, -0.05) is 49.4 Å². The number of esters is 1. The zero-order valence-corrected chi connectivity index (χ0v) is 12.2. The number of nitrogens with one attached hydrogen (secondary N) is 1. The van der Waals surface area contributed by atoms with Crippen molar-refractivity contribution in [1.29, 1.82) is 0 Å². The van der Waals surface area contributed by atoms with Gasteiger partial charge in [0.25, 0.3) is 0 Å². The first kappa shape index (κ1) is 14.5. The van der Waals surface area contributed by atoms with Crippen LogP contribution in [0.2, 0.25) is 0 Å². The lowest BCUT2D eigenvalue weighted by Crippen LogP contribution is -2.38. The Kier molecular flexibility index (Phi) is 4.74. The Balaban J connectivity index is 2.27. The Hall–Kier alpha value is -1.87. The third kappa shape index (κ3) is 2.99. The van der Waals surface area contributed by atoms with Crippen LogP contribution >= 0.6 is 0 Å². The van der Waals surface area contributed by atoms with E-state index < -0.39 is 0 Å². The van der Waals surface area contributed by atoms with Crippen molar-refractivity contribution in [2.75, 3.05) is 7.11 Å². The van der Waals surface area contributed by atoms with Gasteiger partial charge in [-0.3, -0.25) is 10.1 Å². The van der Waals surface area contributed by atoms with E-state index in [1.807, 2.05) is 19.1 Å². The Morgan fingerprint density at radius 1 is 1.20 bits per heavy atom. The zero-order valence-electron chi connectivity index (χ0n) is 12.2. The van der Waals surface area contributed by atoms with Crippen LogP contribution in [0.15, 0.2) is 42.5 Å². The van der Waals surface area contributed by atoms with E-state index in [2.05, 4.69) is 42.6 Å². The zero-order chi connectivity index (χ0) is 14.5. The summed E-state index contributed by atoms with van der Waals surface area (Å²) in [4.78, 5) is 11.7. The molecule has 0 aliphatic rings. The van der Waals surface area contributed by atoms with Crippen LogP contribution in [0.5, 0.6) is 0 Å². The van der Waals surface area contributed by atoms with Gasteiger partial charge in [-0.25, -0.2) is 0 Å². The third-order valence-corrected chi connectivity index (χ3v) is 3.64. The van der Waals surface area contributed by atoms with E-state index in [-0.39, 0.29) is 18.1 Å². The van der Waals surface area contributed by atoms with E-state index in [0.29, 0.717) is 6.42 Å². The standard InChI is InChI=1S/C17H21NO2/c1-4-16(17(19)20-3)18-12(2)14-11-7-9-13-8-5-6-10-15(13)14/h5-12,16,18H,4H2,1-3H3. The molecule has 0 heterocycles. The van der Waals surface area contributed by atoms with Gasteiger partial charge in [0.05, 0.1) is 7.11 Å². The number of methoxy groups -OCH3 is 1. The lowest BCUT2D eigenvalue weighted by atomic mass is 9.99. The van der Waals surface area contributed by atoms with E-state index >= 15 is 0 Å². The highest BCUT2D eigenvalue weighted by molar-refractivity contribution is 5.86. The predicted molar refractivity (Wildman–Crippen MR) is 81.6 cm³/mol. The Morgan fingerprint density at radius 2 is 1.90 bits per heavy atom. The lowest BCUT2D eigenvalue weighted by Gasteiger charge is -2.22. The van der Waals surface area contributed by atoms with Crippen molar-refractivity contribution in [3.05, 3.63) is 48.0 Å². The first-order chi connectivity index (χ1) is 9.67. The minimum atomic E-state index is -0.269. The monoisotopic (exact) mass is 271 g/mol. The predicted octanol–water partition coefficient (Wildman–Crippen LogP) is 3.44. The molecule has 0 bridgehead atoms. The first-order valence-electron chi connectivity index (χ1n) is 6.99. The average molecular weight is 271 g/mol. The van der Waals surface area contributed by atoms with Gasteiger partial charge >= 0.3 is 5.97 Å². The molecule has 2 aromatic rings. The third-order valence-electron chi connectivity index (χ3n) is 3.64. The van der Waals surface area contributed by atoms with Crippen molar-refractivity contribution in [1.82, 2.24) is 5.32 Å². The van der Waals surface area contributed by atoms with Crippen LogP contribution in [0.25, 0.3) is 10.8 Å². The van der Waals surface area contributed by atoms with Gasteiger partial charge < -0.3 is 4.74 Å². The van der Waals surface area contributed by atoms with Crippen LogP contribution in [0.3, 0.4) is 0 Å². The number of ether oxygens (including phenoxy) is 1. The van der Waals surface area contributed by atoms with E-state index in [4.69, 9.17) is 4.74 Å². The molecule has 0 aliphatic heterocycles. The molecule has 0 amide bonds. The van der Waals surface area contributed by atoms with Crippen LogP contribution in [0.1, 0.15) is 31.9 Å². The molecule has 106 valence electrons. The highest BCUT2D eigenvalue weighted by Crippen LogP contribution is 2.24. The van der Waals surface area contributed by atoms with Crippen LogP contribution in [-0.2, 0) is 9.53 Å². The first-order valence-corrected chi connectivity index (χ1v) is 6.99. The molecule has 3 nitrogen and oxygen atoms in total. The maximum absolute atomic E-state index is 11.7. The van der Waals surface area contributed by atoms with E-state index in [1.165, 1.54) is 23.4 Å². The molecule has 2 atom stereocenters. The molecule has 20 heavy (non-hydrogen) atoms. The van der Waals surface area contributed by atoms with Crippen molar-refractivity contribution >= 4 is 16.7 Å². The summed E-state index contributed by atoms with van der Waals surface area (Å²) in [6.45, 7) is 4.05. The average Bonchev–Trinajstić information content (AvgIpc) is 2.51. The van der Waals surface area contributed by atoms with Crippen molar-refractivity contribution in [2.45, 2.75) is 32.4 Å². The highest BCUT2D eigenvalue weighted by Gasteiger charge is 2.20. The molecule has 0 saturated carbocycles. The van der Waals surface area contributed by atoms with Gasteiger partial charge in [-0.2, -0.15) is 0 Å². The van der Waals surface area contributed by atoms with E-state index in [1.54, 1.807) is 0 Å². The highest BCUT2D eigenvalue weighted by atomic mass is 16.5. The fourth-order valence-electron chi connectivity index (χ4n) is 2.51. The summed E-state index contributed by atoms with van der Waals surface area (Å²) in [7, 11) is 1.43. The van der Waals surface area contributed by atoms with Gasteiger partial charge in [-0.05, 0) is 29.7 Å². The van der Waals surface area contributed by atoms with Crippen molar-refractivity contribution in [3.8, 4) is 0 Å². The van der Waals surface area contributed by atoms with Gasteiger partial charge in [0.1, 0.15) is 6.04 Å². The van der Waals surface area contributed by atoms with Crippen LogP contribution < -0.4 is 5.32 Å². The number of rotatable bonds is 5. The summed E-state index contributed by atoms with van der Waals surface area (Å²) in [5.74, 6) is -0.209. The number of hydrogen-bond donors (Lipinski definition) is 1. The second-order valence-electron chi connectivity index (χ2n) is 4.94. The maximum atomic E-state index is 11.7. The molecule has 2 rings (SSSR count). The second-order valence-corrected chi connectivity index (χ2v) is 4.94. The maximum Gasteiger partial charge on any atom is 0.322 e. The summed E-state index contributed by atoms with van der Waals surface area (Å²) >= 11 is 0. The van der Waals surface area contributed by atoms with Crippen molar-refractivity contribution in [2.24, 2.45) is 0 Å². The van der Waals surface area contributed by atoms with Gasteiger partial charge in [0, 0.05) is 6.04 Å². The van der Waals surface area contributed by atoms with Gasteiger partial charge in [0.15, 0.2) is 0 Å². The normalized spacial score (nSPS) is 13.9. The van der Waals surface area contributed by atoms with Gasteiger partial charge in [-0.15, -0.1) is 0 Å².